The van der Waals surface area contributed by atoms with E-state index in [1.165, 1.54) is 6.08 Å². The fourth-order valence-corrected chi connectivity index (χ4v) is 2.81. The van der Waals surface area contributed by atoms with Crippen LogP contribution in [0.15, 0.2) is 12.7 Å². The summed E-state index contributed by atoms with van der Waals surface area (Å²) in [7, 11) is 0. The summed E-state index contributed by atoms with van der Waals surface area (Å²) in [6, 6.07) is 0. The number of hydrogen-bond acceptors (Lipinski definition) is 6. The third kappa shape index (κ3) is 4.25. The molecule has 6 nitrogen and oxygen atoms in total. The molecule has 0 radical (unpaired) electrons. The normalized spacial score (nSPS) is 25.4. The molecule has 23 heavy (non-hydrogen) atoms. The summed E-state index contributed by atoms with van der Waals surface area (Å²) in [5.41, 5.74) is -2.74. The van der Waals surface area contributed by atoms with Crippen LogP contribution in [0.4, 0.5) is 0 Å². The fourth-order valence-electron chi connectivity index (χ4n) is 2.39. The van der Waals surface area contributed by atoms with Gasteiger partial charge in [0.05, 0.1) is 18.4 Å². The first-order chi connectivity index (χ1) is 10.6. The summed E-state index contributed by atoms with van der Waals surface area (Å²) in [6.07, 6.45) is 1.36. The quantitative estimate of drug-likeness (QED) is 0.318. The van der Waals surface area contributed by atoms with Crippen molar-refractivity contribution < 1.29 is 28.6 Å². The molecule has 0 saturated carbocycles. The Kier molecular flexibility index (Phi) is 6.22. The number of hydrogen-bond donors (Lipinski definition) is 0. The van der Waals surface area contributed by atoms with Gasteiger partial charge >= 0.3 is 17.9 Å². The van der Waals surface area contributed by atoms with E-state index < -0.39 is 40.4 Å². The monoisotopic (exact) mass is 346 g/mol. The maximum atomic E-state index is 12.7. The van der Waals surface area contributed by atoms with Gasteiger partial charge in [0, 0.05) is 0 Å². The topological polar surface area (TPSA) is 78.9 Å². The van der Waals surface area contributed by atoms with Gasteiger partial charge in [0.1, 0.15) is 11.5 Å². The molecule has 1 heterocycles. The van der Waals surface area contributed by atoms with Crippen molar-refractivity contribution in [3.8, 4) is 0 Å². The van der Waals surface area contributed by atoms with E-state index in [-0.39, 0.29) is 19.4 Å². The highest BCUT2D eigenvalue weighted by atomic mass is 35.5. The summed E-state index contributed by atoms with van der Waals surface area (Å²) in [5, 5.41) is -0.990. The number of ether oxygens (including phenoxy) is 3. The van der Waals surface area contributed by atoms with Gasteiger partial charge in [-0.25, -0.2) is 4.79 Å². The minimum Gasteiger partial charge on any atom is -0.466 e. The average molecular weight is 347 g/mol. The number of carbonyl (C=O) groups excluding carboxylic acids is 3. The fraction of sp³-hybridized carbons (Fsp3) is 0.688. The standard InChI is InChI=1S/C16H23ClO6/c1-6-8-11(17)16(14(20)23-15(3,4)5)10(9-12(18)22-16)13(19)21-7-2/h6,10-11H,1,7-9H2,2-5H3/t10-,11+,16-/m0/s1. The van der Waals surface area contributed by atoms with Crippen molar-refractivity contribution in [1.82, 2.24) is 0 Å². The average Bonchev–Trinajstić information content (AvgIpc) is 2.76. The highest BCUT2D eigenvalue weighted by molar-refractivity contribution is 6.24. The Balaban J connectivity index is 3.30. The van der Waals surface area contributed by atoms with Crippen molar-refractivity contribution in [2.24, 2.45) is 5.92 Å². The van der Waals surface area contributed by atoms with Crippen LogP contribution in [0.3, 0.4) is 0 Å². The molecule has 7 heteroatoms. The molecular formula is C16H23ClO6. The Morgan fingerprint density at radius 3 is 2.61 bits per heavy atom. The summed E-state index contributed by atoms with van der Waals surface area (Å²) < 4.78 is 15.6. The molecule has 3 atom stereocenters. The van der Waals surface area contributed by atoms with Crippen LogP contribution in [0, 0.1) is 5.92 Å². The second-order valence-electron chi connectivity index (χ2n) is 6.27. The highest BCUT2D eigenvalue weighted by Crippen LogP contribution is 2.42. The van der Waals surface area contributed by atoms with Crippen molar-refractivity contribution >= 4 is 29.5 Å². The van der Waals surface area contributed by atoms with Crippen LogP contribution >= 0.6 is 11.6 Å². The van der Waals surface area contributed by atoms with Crippen LogP contribution in [0.1, 0.15) is 40.5 Å². The molecule has 0 N–H and O–H groups in total. The van der Waals surface area contributed by atoms with Crippen molar-refractivity contribution in [1.29, 1.82) is 0 Å². The maximum Gasteiger partial charge on any atom is 0.353 e. The van der Waals surface area contributed by atoms with Crippen molar-refractivity contribution in [3.05, 3.63) is 12.7 Å². The SMILES string of the molecule is C=CC[C@@H](Cl)[C@@]1(C(=O)OC(C)(C)C)OC(=O)C[C@H]1C(=O)OCC. The van der Waals surface area contributed by atoms with Crippen molar-refractivity contribution in [2.45, 2.75) is 57.1 Å². The Hall–Kier alpha value is -1.56. The molecule has 1 rings (SSSR count). The van der Waals surface area contributed by atoms with E-state index in [1.54, 1.807) is 27.7 Å². The van der Waals surface area contributed by atoms with Crippen LogP contribution in [0.5, 0.6) is 0 Å². The van der Waals surface area contributed by atoms with Crippen LogP contribution in [0.2, 0.25) is 0 Å². The van der Waals surface area contributed by atoms with Gasteiger partial charge in [-0.3, -0.25) is 9.59 Å². The van der Waals surface area contributed by atoms with E-state index in [1.807, 2.05) is 0 Å². The number of halogens is 1. The first kappa shape index (κ1) is 19.5. The molecule has 0 aromatic rings. The van der Waals surface area contributed by atoms with Gasteiger partial charge in [-0.1, -0.05) is 6.08 Å². The van der Waals surface area contributed by atoms with Gasteiger partial charge < -0.3 is 14.2 Å². The van der Waals surface area contributed by atoms with Gasteiger partial charge in [-0.05, 0) is 34.1 Å². The van der Waals surface area contributed by atoms with E-state index >= 15 is 0 Å². The Morgan fingerprint density at radius 2 is 2.13 bits per heavy atom. The minimum absolute atomic E-state index is 0.113. The lowest BCUT2D eigenvalue weighted by Crippen LogP contribution is -2.56. The van der Waals surface area contributed by atoms with Gasteiger partial charge in [0.15, 0.2) is 0 Å². The third-order valence-electron chi connectivity index (χ3n) is 3.30. The van der Waals surface area contributed by atoms with Crippen molar-refractivity contribution in [3.63, 3.8) is 0 Å². The van der Waals surface area contributed by atoms with Gasteiger partial charge in [-0.2, -0.15) is 0 Å². The molecule has 0 aromatic heterocycles. The first-order valence-corrected chi connectivity index (χ1v) is 7.89. The third-order valence-corrected chi connectivity index (χ3v) is 3.80. The summed E-state index contributed by atoms with van der Waals surface area (Å²) >= 11 is 6.31. The molecule has 0 bridgehead atoms. The van der Waals surface area contributed by atoms with Gasteiger partial charge in [0.2, 0.25) is 5.60 Å². The second kappa shape index (κ2) is 7.34. The molecule has 1 aliphatic rings. The lowest BCUT2D eigenvalue weighted by atomic mass is 9.82. The van der Waals surface area contributed by atoms with Gasteiger partial charge in [-0.15, -0.1) is 18.2 Å². The molecule has 0 unspecified atom stereocenters. The predicted molar refractivity (Wildman–Crippen MR) is 83.9 cm³/mol. The lowest BCUT2D eigenvalue weighted by molar-refractivity contribution is -0.190. The van der Waals surface area contributed by atoms with E-state index in [2.05, 4.69) is 6.58 Å². The van der Waals surface area contributed by atoms with E-state index in [0.29, 0.717) is 0 Å². The molecule has 130 valence electrons. The molecular weight excluding hydrogens is 324 g/mol. The molecule has 0 spiro atoms. The van der Waals surface area contributed by atoms with E-state index in [4.69, 9.17) is 25.8 Å². The largest absolute Gasteiger partial charge is 0.466 e. The Labute approximate surface area is 141 Å². The van der Waals surface area contributed by atoms with Crippen LogP contribution in [-0.2, 0) is 28.6 Å². The van der Waals surface area contributed by atoms with Crippen molar-refractivity contribution in [2.75, 3.05) is 6.61 Å². The number of rotatable bonds is 6. The Morgan fingerprint density at radius 1 is 1.52 bits per heavy atom. The lowest BCUT2D eigenvalue weighted by Gasteiger charge is -2.35. The van der Waals surface area contributed by atoms with Crippen LogP contribution < -0.4 is 0 Å². The van der Waals surface area contributed by atoms with Crippen LogP contribution in [0.25, 0.3) is 0 Å². The van der Waals surface area contributed by atoms with E-state index in [0.717, 1.165) is 0 Å². The molecule has 1 fully saturated rings. The number of allylic oxidation sites excluding steroid dienone is 1. The van der Waals surface area contributed by atoms with Crippen LogP contribution in [-0.4, -0.2) is 41.1 Å². The Bertz CT molecular complexity index is 495. The molecule has 1 aliphatic heterocycles. The first-order valence-electron chi connectivity index (χ1n) is 7.45. The summed E-state index contributed by atoms with van der Waals surface area (Å²) in [6.45, 7) is 10.3. The number of alkyl halides is 1. The smallest absolute Gasteiger partial charge is 0.353 e. The summed E-state index contributed by atoms with van der Waals surface area (Å²) in [5.74, 6) is -3.40. The predicted octanol–water partition coefficient (Wildman–Crippen LogP) is 2.38. The zero-order valence-corrected chi connectivity index (χ0v) is 14.6. The molecule has 1 saturated heterocycles. The zero-order valence-electron chi connectivity index (χ0n) is 13.9. The highest BCUT2D eigenvalue weighted by Gasteiger charge is 2.64. The zero-order chi connectivity index (χ0) is 17.8. The summed E-state index contributed by atoms with van der Waals surface area (Å²) in [4.78, 5) is 36.8. The van der Waals surface area contributed by atoms with Gasteiger partial charge in [0.25, 0.3) is 0 Å². The molecule has 0 aliphatic carbocycles. The maximum absolute atomic E-state index is 12.7. The number of carbonyl (C=O) groups is 3. The van der Waals surface area contributed by atoms with E-state index in [9.17, 15) is 14.4 Å². The second-order valence-corrected chi connectivity index (χ2v) is 6.80. The number of esters is 3. The minimum atomic E-state index is -1.91. The molecule has 0 aromatic carbocycles. The number of cyclic esters (lactones) is 1. The molecule has 0 amide bonds.